The topological polar surface area (TPSA) is 65.0 Å². The van der Waals surface area contributed by atoms with E-state index in [-0.39, 0.29) is 0 Å². The van der Waals surface area contributed by atoms with E-state index in [1.54, 1.807) is 0 Å². The first-order valence-electron chi connectivity index (χ1n) is 9.60. The monoisotopic (exact) mass is 390 g/mol. The van der Waals surface area contributed by atoms with Crippen molar-refractivity contribution in [1.82, 2.24) is 0 Å². The van der Waals surface area contributed by atoms with Gasteiger partial charge in [-0.15, -0.1) is 0 Å². The molecular formula is C24H22O5. The summed E-state index contributed by atoms with van der Waals surface area (Å²) in [6.45, 7) is 0.787. The molecule has 0 spiro atoms. The van der Waals surface area contributed by atoms with Gasteiger partial charge in [0.05, 0.1) is 12.5 Å². The van der Waals surface area contributed by atoms with E-state index in [4.69, 9.17) is 14.2 Å². The summed E-state index contributed by atoms with van der Waals surface area (Å²) < 4.78 is 17.5. The van der Waals surface area contributed by atoms with Crippen LogP contribution in [0.2, 0.25) is 0 Å². The van der Waals surface area contributed by atoms with Crippen LogP contribution in [0.5, 0.6) is 23.0 Å². The van der Waals surface area contributed by atoms with Gasteiger partial charge in [0.25, 0.3) is 0 Å². The van der Waals surface area contributed by atoms with Gasteiger partial charge in [-0.1, -0.05) is 36.4 Å². The lowest BCUT2D eigenvalue weighted by Gasteiger charge is -2.12. The van der Waals surface area contributed by atoms with Crippen molar-refractivity contribution in [2.24, 2.45) is 5.92 Å². The molecule has 5 nitrogen and oxygen atoms in total. The first kappa shape index (κ1) is 18.9. The number of ether oxygens (including phenoxy) is 3. The highest BCUT2D eigenvalue weighted by atomic mass is 16.5. The third-order valence-electron chi connectivity index (χ3n) is 4.86. The van der Waals surface area contributed by atoms with E-state index < -0.39 is 11.9 Å². The van der Waals surface area contributed by atoms with Gasteiger partial charge in [0.15, 0.2) is 0 Å². The van der Waals surface area contributed by atoms with E-state index in [9.17, 15) is 9.90 Å². The Kier molecular flexibility index (Phi) is 5.66. The van der Waals surface area contributed by atoms with Crippen molar-refractivity contribution in [3.8, 4) is 23.0 Å². The zero-order valence-electron chi connectivity index (χ0n) is 15.9. The van der Waals surface area contributed by atoms with Crippen molar-refractivity contribution < 1.29 is 24.1 Å². The molecule has 1 heterocycles. The second kappa shape index (κ2) is 8.69. The van der Waals surface area contributed by atoms with Gasteiger partial charge in [-0.3, -0.25) is 4.79 Å². The number of aliphatic carboxylic acids is 1. The van der Waals surface area contributed by atoms with Crippen LogP contribution in [0.3, 0.4) is 0 Å². The number of benzene rings is 3. The smallest absolute Gasteiger partial charge is 0.306 e. The summed E-state index contributed by atoms with van der Waals surface area (Å²) >= 11 is 0. The second-order valence-electron chi connectivity index (χ2n) is 7.00. The van der Waals surface area contributed by atoms with E-state index in [0.717, 1.165) is 22.6 Å². The molecule has 0 saturated carbocycles. The first-order chi connectivity index (χ1) is 14.2. The average Bonchev–Trinajstić information content (AvgIpc) is 2.95. The fourth-order valence-corrected chi connectivity index (χ4v) is 3.31. The molecule has 0 saturated heterocycles. The lowest BCUT2D eigenvalue weighted by molar-refractivity contribution is -0.142. The van der Waals surface area contributed by atoms with E-state index in [0.29, 0.717) is 37.6 Å². The van der Waals surface area contributed by atoms with Gasteiger partial charge in [0.1, 0.15) is 29.6 Å². The minimum atomic E-state index is -0.778. The van der Waals surface area contributed by atoms with E-state index in [1.165, 1.54) is 0 Å². The first-order valence-corrected chi connectivity index (χ1v) is 9.60. The molecule has 0 aromatic heterocycles. The molecule has 1 unspecified atom stereocenters. The second-order valence-corrected chi connectivity index (χ2v) is 7.00. The normalized spacial score (nSPS) is 15.5. The summed E-state index contributed by atoms with van der Waals surface area (Å²) in [6.07, 6.45) is 0.984. The predicted octanol–water partition coefficient (Wildman–Crippen LogP) is 5.08. The van der Waals surface area contributed by atoms with Crippen molar-refractivity contribution in [1.29, 1.82) is 0 Å². The molecule has 0 fully saturated rings. The molecule has 0 aliphatic carbocycles. The van der Waals surface area contributed by atoms with Crippen molar-refractivity contribution in [3.05, 3.63) is 83.9 Å². The number of hydrogen-bond acceptors (Lipinski definition) is 4. The third kappa shape index (κ3) is 4.88. The van der Waals surface area contributed by atoms with Gasteiger partial charge in [-0.05, 0) is 54.3 Å². The van der Waals surface area contributed by atoms with Crippen LogP contribution in [0.4, 0.5) is 0 Å². The van der Waals surface area contributed by atoms with Crippen LogP contribution in [-0.2, 0) is 17.8 Å². The van der Waals surface area contributed by atoms with Gasteiger partial charge in [0.2, 0.25) is 0 Å². The number of rotatable bonds is 6. The van der Waals surface area contributed by atoms with Crippen LogP contribution >= 0.6 is 0 Å². The number of para-hydroxylation sites is 1. The number of carboxylic acid groups (broad SMARTS) is 1. The number of carboxylic acids is 1. The fraction of sp³-hybridized carbons (Fsp3) is 0.208. The molecule has 148 valence electrons. The molecule has 1 atom stereocenters. The standard InChI is InChI=1S/C24H22O5/c25-24(26)19-11-12-27-23-15-21(10-9-18(23)14-19)28-16-17-5-4-8-22(13-17)29-20-6-2-1-3-7-20/h1-10,13,15,19H,11-12,14,16H2,(H,25,26). The van der Waals surface area contributed by atoms with Gasteiger partial charge in [-0.25, -0.2) is 0 Å². The molecule has 1 N–H and O–H groups in total. The van der Waals surface area contributed by atoms with Crippen LogP contribution in [0, 0.1) is 5.92 Å². The fourth-order valence-electron chi connectivity index (χ4n) is 3.31. The average molecular weight is 390 g/mol. The van der Waals surface area contributed by atoms with Gasteiger partial charge in [0, 0.05) is 6.07 Å². The molecule has 0 bridgehead atoms. The predicted molar refractivity (Wildman–Crippen MR) is 109 cm³/mol. The Morgan fingerprint density at radius 3 is 2.62 bits per heavy atom. The Bertz CT molecular complexity index is 984. The maximum atomic E-state index is 11.3. The maximum absolute atomic E-state index is 11.3. The molecule has 1 aliphatic heterocycles. The number of fused-ring (bicyclic) bond motifs is 1. The van der Waals surface area contributed by atoms with Gasteiger partial charge < -0.3 is 19.3 Å². The van der Waals surface area contributed by atoms with E-state index in [1.807, 2.05) is 72.8 Å². The zero-order chi connectivity index (χ0) is 20.1. The molecule has 3 aromatic carbocycles. The van der Waals surface area contributed by atoms with E-state index in [2.05, 4.69) is 0 Å². The summed E-state index contributed by atoms with van der Waals surface area (Å²) in [5, 5.41) is 9.28. The zero-order valence-corrected chi connectivity index (χ0v) is 15.9. The Morgan fingerprint density at radius 1 is 0.966 bits per heavy atom. The largest absolute Gasteiger partial charge is 0.493 e. The Labute approximate surface area is 169 Å². The Morgan fingerprint density at radius 2 is 1.79 bits per heavy atom. The van der Waals surface area contributed by atoms with Gasteiger partial charge >= 0.3 is 5.97 Å². The molecule has 29 heavy (non-hydrogen) atoms. The van der Waals surface area contributed by atoms with Crippen molar-refractivity contribution in [2.45, 2.75) is 19.4 Å². The molecule has 4 rings (SSSR count). The minimum Gasteiger partial charge on any atom is -0.493 e. The summed E-state index contributed by atoms with van der Waals surface area (Å²) in [5.74, 6) is 1.74. The van der Waals surface area contributed by atoms with Crippen LogP contribution in [0.1, 0.15) is 17.5 Å². The van der Waals surface area contributed by atoms with Crippen LogP contribution in [-0.4, -0.2) is 17.7 Å². The number of hydrogen-bond donors (Lipinski definition) is 1. The third-order valence-corrected chi connectivity index (χ3v) is 4.86. The highest BCUT2D eigenvalue weighted by Crippen LogP contribution is 2.31. The Hall–Kier alpha value is -3.47. The van der Waals surface area contributed by atoms with Crippen LogP contribution in [0.15, 0.2) is 72.8 Å². The van der Waals surface area contributed by atoms with Gasteiger partial charge in [-0.2, -0.15) is 0 Å². The molecular weight excluding hydrogens is 368 g/mol. The van der Waals surface area contributed by atoms with Crippen molar-refractivity contribution >= 4 is 5.97 Å². The van der Waals surface area contributed by atoms with E-state index >= 15 is 0 Å². The molecule has 1 aliphatic rings. The number of carbonyl (C=O) groups is 1. The quantitative estimate of drug-likeness (QED) is 0.636. The maximum Gasteiger partial charge on any atom is 0.306 e. The summed E-state index contributed by atoms with van der Waals surface area (Å²) in [6, 6.07) is 23.0. The van der Waals surface area contributed by atoms with Crippen molar-refractivity contribution in [2.75, 3.05) is 6.61 Å². The lowest BCUT2D eigenvalue weighted by atomic mass is 9.97. The van der Waals surface area contributed by atoms with Crippen LogP contribution < -0.4 is 14.2 Å². The molecule has 0 amide bonds. The minimum absolute atomic E-state index is 0.391. The van der Waals surface area contributed by atoms with Crippen molar-refractivity contribution in [3.63, 3.8) is 0 Å². The summed E-state index contributed by atoms with van der Waals surface area (Å²) in [5.41, 5.74) is 1.89. The van der Waals surface area contributed by atoms with Crippen LogP contribution in [0.25, 0.3) is 0 Å². The SMILES string of the molecule is O=C(O)C1CCOc2cc(OCc3cccc(Oc4ccccc4)c3)ccc2C1. The lowest BCUT2D eigenvalue weighted by Crippen LogP contribution is -2.16. The molecule has 5 heteroatoms. The highest BCUT2D eigenvalue weighted by molar-refractivity contribution is 5.70. The highest BCUT2D eigenvalue weighted by Gasteiger charge is 2.23. The summed E-state index contributed by atoms with van der Waals surface area (Å²) in [7, 11) is 0. The molecule has 3 aromatic rings. The summed E-state index contributed by atoms with van der Waals surface area (Å²) in [4.78, 5) is 11.3. The molecule has 0 radical (unpaired) electrons. The Balaban J connectivity index is 1.41.